The zero-order chi connectivity index (χ0) is 19.2. The fourth-order valence-corrected chi connectivity index (χ4v) is 4.65. The molecule has 4 nitrogen and oxygen atoms in total. The van der Waals surface area contributed by atoms with Gasteiger partial charge in [0.2, 0.25) is 5.91 Å². The summed E-state index contributed by atoms with van der Waals surface area (Å²) >= 11 is 3.58. The topological polar surface area (TPSA) is 43.8 Å². The number of fused-ring (bicyclic) bond motifs is 3. The van der Waals surface area contributed by atoms with E-state index in [1.807, 2.05) is 33.0 Å². The molecule has 2 aliphatic heterocycles. The second kappa shape index (κ2) is 6.86. The minimum Gasteiger partial charge on any atom is -0.388 e. The van der Waals surface area contributed by atoms with Crippen molar-refractivity contribution in [2.75, 3.05) is 18.5 Å². The molecule has 1 aromatic rings. The maximum Gasteiger partial charge on any atom is 0.225 e. The van der Waals surface area contributed by atoms with Gasteiger partial charge in [-0.05, 0) is 45.4 Å². The number of amides is 1. The zero-order valence-electron chi connectivity index (χ0n) is 16.1. The third-order valence-corrected chi connectivity index (χ3v) is 5.94. The van der Waals surface area contributed by atoms with Crippen LogP contribution in [0.1, 0.15) is 39.7 Å². The summed E-state index contributed by atoms with van der Waals surface area (Å²) in [6, 6.07) is 6.16. The molecule has 0 bridgehead atoms. The zero-order valence-corrected chi connectivity index (χ0v) is 17.7. The Hall–Kier alpha value is -1.59. The number of aliphatic hydroxyl groups is 1. The lowest BCUT2D eigenvalue weighted by atomic mass is 9.73. The van der Waals surface area contributed by atoms with Gasteiger partial charge < -0.3 is 14.9 Å². The molecule has 1 amide bonds. The molecule has 0 spiro atoms. The predicted octanol–water partition coefficient (Wildman–Crippen LogP) is 3.99. The Morgan fingerprint density at radius 3 is 2.65 bits per heavy atom. The van der Waals surface area contributed by atoms with Crippen molar-refractivity contribution in [1.29, 1.82) is 0 Å². The second-order valence-corrected chi connectivity index (χ2v) is 8.80. The third kappa shape index (κ3) is 2.91. The van der Waals surface area contributed by atoms with E-state index < -0.39 is 11.5 Å². The van der Waals surface area contributed by atoms with Gasteiger partial charge in [-0.1, -0.05) is 45.3 Å². The summed E-state index contributed by atoms with van der Waals surface area (Å²) in [7, 11) is 1.85. The first-order valence-corrected chi connectivity index (χ1v) is 9.76. The van der Waals surface area contributed by atoms with Crippen molar-refractivity contribution in [2.45, 2.75) is 51.8 Å². The summed E-state index contributed by atoms with van der Waals surface area (Å²) in [5.74, 6) is 0.0759. The van der Waals surface area contributed by atoms with Crippen molar-refractivity contribution in [1.82, 2.24) is 4.90 Å². The Balaban J connectivity index is 2.22. The molecule has 26 heavy (non-hydrogen) atoms. The van der Waals surface area contributed by atoms with Crippen molar-refractivity contribution < 1.29 is 9.90 Å². The van der Waals surface area contributed by atoms with Gasteiger partial charge in [-0.2, -0.15) is 0 Å². The van der Waals surface area contributed by atoms with E-state index in [0.717, 1.165) is 21.3 Å². The van der Waals surface area contributed by atoms with Gasteiger partial charge in [-0.25, -0.2) is 0 Å². The van der Waals surface area contributed by atoms with Crippen LogP contribution in [0, 0.1) is 0 Å². The van der Waals surface area contributed by atoms with E-state index in [-0.39, 0.29) is 12.1 Å². The Morgan fingerprint density at radius 2 is 2.04 bits per heavy atom. The summed E-state index contributed by atoms with van der Waals surface area (Å²) in [4.78, 5) is 16.7. The van der Waals surface area contributed by atoms with Crippen LogP contribution in [0.15, 0.2) is 46.0 Å². The average Bonchev–Trinajstić information content (AvgIpc) is 2.95. The first kappa shape index (κ1) is 19.2. The molecule has 0 radical (unpaired) electrons. The number of halogens is 1. The lowest BCUT2D eigenvalue weighted by molar-refractivity contribution is -0.127. The summed E-state index contributed by atoms with van der Waals surface area (Å²) in [6.07, 6.45) is 3.46. The van der Waals surface area contributed by atoms with Gasteiger partial charge in [0.15, 0.2) is 0 Å². The number of hydrogen-bond donors (Lipinski definition) is 1. The Bertz CT molecular complexity index is 793. The molecule has 1 saturated heterocycles. The van der Waals surface area contributed by atoms with Gasteiger partial charge in [0.25, 0.3) is 0 Å². The molecule has 0 saturated carbocycles. The van der Waals surface area contributed by atoms with Crippen LogP contribution in [0.25, 0.3) is 0 Å². The molecule has 1 fully saturated rings. The van der Waals surface area contributed by atoms with Crippen molar-refractivity contribution >= 4 is 27.5 Å². The molecule has 140 valence electrons. The first-order chi connectivity index (χ1) is 12.2. The fourth-order valence-electron chi connectivity index (χ4n) is 4.30. The van der Waals surface area contributed by atoms with Crippen molar-refractivity contribution in [3.8, 4) is 0 Å². The van der Waals surface area contributed by atoms with E-state index in [2.05, 4.69) is 52.9 Å². The first-order valence-electron chi connectivity index (χ1n) is 8.97. The standard InChI is InChI=1S/C21H27BrN2O2/c1-13(2)8-9-24-17-11-15(22)6-7-16(17)21(18(25)10-14(3)4)12-19(26)23(5)20(21)24/h6-8,10-11,18,20,25H,9,12H2,1-5H3/t18?,20-,21+/m1/s1. The minimum atomic E-state index is -0.719. The summed E-state index contributed by atoms with van der Waals surface area (Å²) in [6.45, 7) is 8.82. The molecule has 0 aromatic heterocycles. The quantitative estimate of drug-likeness (QED) is 0.751. The molecule has 3 atom stereocenters. The van der Waals surface area contributed by atoms with Crippen LogP contribution in [-0.4, -0.2) is 41.8 Å². The Kier molecular flexibility index (Phi) is 5.06. The SMILES string of the molecule is CC(C)=CCN1c2cc(Br)ccc2[C@]2(C(O)C=C(C)C)CC(=O)N(C)[C@H]12. The van der Waals surface area contributed by atoms with E-state index in [1.165, 1.54) is 5.57 Å². The minimum absolute atomic E-state index is 0.0759. The normalized spacial score (nSPS) is 25.0. The molecule has 2 heterocycles. The number of hydrogen-bond acceptors (Lipinski definition) is 3. The number of likely N-dealkylation sites (tertiary alicyclic amines) is 1. The fraction of sp³-hybridized carbons (Fsp3) is 0.476. The summed E-state index contributed by atoms with van der Waals surface area (Å²) in [5, 5.41) is 11.2. The highest BCUT2D eigenvalue weighted by Crippen LogP contribution is 2.54. The largest absolute Gasteiger partial charge is 0.388 e. The molecule has 1 N–H and O–H groups in total. The number of allylic oxidation sites excluding steroid dienone is 2. The maximum absolute atomic E-state index is 12.7. The van der Waals surface area contributed by atoms with Crippen molar-refractivity contribution in [2.24, 2.45) is 0 Å². The number of nitrogens with zero attached hydrogens (tertiary/aromatic N) is 2. The highest BCUT2D eigenvalue weighted by Gasteiger charge is 2.62. The van der Waals surface area contributed by atoms with E-state index in [1.54, 1.807) is 4.90 Å². The lowest BCUT2D eigenvalue weighted by Crippen LogP contribution is -2.53. The van der Waals surface area contributed by atoms with Gasteiger partial charge in [0.1, 0.15) is 6.17 Å². The molecule has 3 rings (SSSR count). The molecule has 0 aliphatic carbocycles. The molecule has 1 aromatic carbocycles. The van der Waals surface area contributed by atoms with Crippen molar-refractivity contribution in [3.05, 3.63) is 51.5 Å². The maximum atomic E-state index is 12.7. The number of aliphatic hydroxyl groups excluding tert-OH is 1. The Labute approximate surface area is 164 Å². The number of rotatable bonds is 4. The van der Waals surface area contributed by atoms with Crippen LogP contribution < -0.4 is 4.90 Å². The highest BCUT2D eigenvalue weighted by atomic mass is 79.9. The third-order valence-electron chi connectivity index (χ3n) is 5.45. The Morgan fingerprint density at radius 1 is 1.35 bits per heavy atom. The van der Waals surface area contributed by atoms with E-state index in [9.17, 15) is 9.90 Å². The van der Waals surface area contributed by atoms with Crippen LogP contribution in [0.2, 0.25) is 0 Å². The average molecular weight is 419 g/mol. The number of anilines is 1. The molecular formula is C21H27BrN2O2. The van der Waals surface area contributed by atoms with Crippen LogP contribution in [0.3, 0.4) is 0 Å². The molecule has 1 unspecified atom stereocenters. The van der Waals surface area contributed by atoms with E-state index in [0.29, 0.717) is 13.0 Å². The van der Waals surface area contributed by atoms with Crippen LogP contribution in [-0.2, 0) is 10.2 Å². The lowest BCUT2D eigenvalue weighted by Gasteiger charge is -2.38. The predicted molar refractivity (Wildman–Crippen MR) is 109 cm³/mol. The smallest absolute Gasteiger partial charge is 0.225 e. The highest BCUT2D eigenvalue weighted by molar-refractivity contribution is 9.10. The number of carbonyl (C=O) groups is 1. The number of benzene rings is 1. The van der Waals surface area contributed by atoms with Gasteiger partial charge in [-0.3, -0.25) is 4.79 Å². The summed E-state index contributed by atoms with van der Waals surface area (Å²) in [5.41, 5.74) is 3.78. The van der Waals surface area contributed by atoms with Crippen molar-refractivity contribution in [3.63, 3.8) is 0 Å². The second-order valence-electron chi connectivity index (χ2n) is 7.88. The van der Waals surface area contributed by atoms with Gasteiger partial charge in [0, 0.05) is 30.2 Å². The summed E-state index contributed by atoms with van der Waals surface area (Å²) < 4.78 is 0.999. The van der Waals surface area contributed by atoms with Gasteiger partial charge in [-0.15, -0.1) is 0 Å². The van der Waals surface area contributed by atoms with Gasteiger partial charge in [0.05, 0.1) is 11.5 Å². The number of likely N-dealkylation sites (N-methyl/N-ethyl adjacent to an activating group) is 1. The molecular weight excluding hydrogens is 392 g/mol. The van der Waals surface area contributed by atoms with Gasteiger partial charge >= 0.3 is 0 Å². The monoisotopic (exact) mass is 418 g/mol. The molecule has 5 heteroatoms. The van der Waals surface area contributed by atoms with Crippen LogP contribution >= 0.6 is 15.9 Å². The van der Waals surface area contributed by atoms with Crippen LogP contribution in [0.5, 0.6) is 0 Å². The number of carbonyl (C=O) groups excluding carboxylic acids is 1. The van der Waals surface area contributed by atoms with E-state index in [4.69, 9.17) is 0 Å². The molecule has 2 aliphatic rings. The van der Waals surface area contributed by atoms with Crippen LogP contribution in [0.4, 0.5) is 5.69 Å². The van der Waals surface area contributed by atoms with E-state index >= 15 is 0 Å².